The molecule has 0 aromatic heterocycles. The highest BCUT2D eigenvalue weighted by Gasteiger charge is 2.28. The van der Waals surface area contributed by atoms with Gasteiger partial charge in [-0.3, -0.25) is 9.59 Å². The molecule has 168 valence electrons. The van der Waals surface area contributed by atoms with Crippen LogP contribution in [-0.2, 0) is 16.0 Å². The molecular formula is C27H32N2O3. The molecule has 0 aliphatic carbocycles. The van der Waals surface area contributed by atoms with Gasteiger partial charge in [0, 0.05) is 18.5 Å². The molecule has 0 heterocycles. The molecule has 0 aliphatic heterocycles. The van der Waals surface area contributed by atoms with Crippen LogP contribution in [0.4, 0.5) is 0 Å². The van der Waals surface area contributed by atoms with Gasteiger partial charge in [0.2, 0.25) is 5.91 Å². The molecule has 0 bridgehead atoms. The summed E-state index contributed by atoms with van der Waals surface area (Å²) in [6, 6.07) is 23.2. The Balaban J connectivity index is 1.75. The molecular weight excluding hydrogens is 400 g/mol. The molecule has 3 aromatic carbocycles. The maximum atomic E-state index is 13.3. The fourth-order valence-corrected chi connectivity index (χ4v) is 3.81. The summed E-state index contributed by atoms with van der Waals surface area (Å²) < 4.78 is 5.95. The van der Waals surface area contributed by atoms with Crippen molar-refractivity contribution in [1.82, 2.24) is 10.2 Å². The van der Waals surface area contributed by atoms with Gasteiger partial charge in [-0.05, 0) is 36.3 Å². The van der Waals surface area contributed by atoms with Crippen molar-refractivity contribution in [1.29, 1.82) is 0 Å². The van der Waals surface area contributed by atoms with Gasteiger partial charge in [-0.25, -0.2) is 0 Å². The van der Waals surface area contributed by atoms with E-state index in [1.807, 2.05) is 86.6 Å². The molecule has 0 saturated heterocycles. The molecule has 0 radical (unpaired) electrons. The Morgan fingerprint density at radius 3 is 2.41 bits per heavy atom. The fourth-order valence-electron chi connectivity index (χ4n) is 3.81. The quantitative estimate of drug-likeness (QED) is 0.482. The van der Waals surface area contributed by atoms with Gasteiger partial charge < -0.3 is 15.0 Å². The van der Waals surface area contributed by atoms with Crippen LogP contribution < -0.4 is 10.1 Å². The number of hydrogen-bond donors (Lipinski definition) is 1. The van der Waals surface area contributed by atoms with Gasteiger partial charge in [0.1, 0.15) is 11.8 Å². The number of nitrogens with zero attached hydrogens (tertiary/aromatic N) is 1. The van der Waals surface area contributed by atoms with Gasteiger partial charge in [0.25, 0.3) is 5.91 Å². The van der Waals surface area contributed by atoms with Crippen molar-refractivity contribution < 1.29 is 14.3 Å². The van der Waals surface area contributed by atoms with Crippen LogP contribution in [0.2, 0.25) is 0 Å². The molecule has 32 heavy (non-hydrogen) atoms. The van der Waals surface area contributed by atoms with E-state index in [9.17, 15) is 9.59 Å². The predicted octanol–water partition coefficient (Wildman–Crippen LogP) is 4.59. The van der Waals surface area contributed by atoms with Crippen LogP contribution >= 0.6 is 0 Å². The third-order valence-electron chi connectivity index (χ3n) is 5.52. The van der Waals surface area contributed by atoms with Gasteiger partial charge in [-0.15, -0.1) is 0 Å². The zero-order valence-corrected chi connectivity index (χ0v) is 18.9. The monoisotopic (exact) mass is 432 g/mol. The molecule has 0 spiro atoms. The van der Waals surface area contributed by atoms with Crippen LogP contribution in [0.1, 0.15) is 32.3 Å². The lowest BCUT2D eigenvalue weighted by atomic mass is 10.1. The van der Waals surface area contributed by atoms with E-state index in [1.165, 1.54) is 0 Å². The summed E-state index contributed by atoms with van der Waals surface area (Å²) in [6.07, 6.45) is 2.08. The summed E-state index contributed by atoms with van der Waals surface area (Å²) in [6.45, 7) is 4.89. The van der Waals surface area contributed by atoms with Crippen molar-refractivity contribution in [2.75, 3.05) is 19.7 Å². The number of carbonyl (C=O) groups is 2. The van der Waals surface area contributed by atoms with Crippen LogP contribution in [0, 0.1) is 0 Å². The Morgan fingerprint density at radius 1 is 0.938 bits per heavy atom. The molecule has 2 amide bonds. The minimum absolute atomic E-state index is 0.110. The number of ether oxygens (including phenoxy) is 1. The summed E-state index contributed by atoms with van der Waals surface area (Å²) in [5.74, 6) is 0.372. The van der Waals surface area contributed by atoms with Crippen LogP contribution in [-0.4, -0.2) is 42.5 Å². The average molecular weight is 433 g/mol. The molecule has 1 atom stereocenters. The number of amides is 2. The van der Waals surface area contributed by atoms with Gasteiger partial charge in [0.05, 0.1) is 0 Å². The molecule has 5 nitrogen and oxygen atoms in total. The van der Waals surface area contributed by atoms with Crippen LogP contribution in [0.3, 0.4) is 0 Å². The second-order valence-corrected chi connectivity index (χ2v) is 7.80. The topological polar surface area (TPSA) is 58.6 Å². The van der Waals surface area contributed by atoms with Crippen molar-refractivity contribution in [3.05, 3.63) is 78.4 Å². The predicted molar refractivity (Wildman–Crippen MR) is 129 cm³/mol. The smallest absolute Gasteiger partial charge is 0.261 e. The van der Waals surface area contributed by atoms with E-state index in [0.29, 0.717) is 31.7 Å². The minimum Gasteiger partial charge on any atom is -0.483 e. The Kier molecular flexibility index (Phi) is 8.67. The van der Waals surface area contributed by atoms with Gasteiger partial charge in [-0.2, -0.15) is 0 Å². The fraction of sp³-hybridized carbons (Fsp3) is 0.333. The number of carbonyl (C=O) groups excluding carboxylic acids is 2. The number of benzene rings is 3. The highest BCUT2D eigenvalue weighted by Crippen LogP contribution is 2.25. The standard InChI is InChI=1S/C27H32N2O3/c1-3-18-28-27(31)24(4-2)29(19-17-21-11-6-5-7-12-21)26(30)20-32-25-16-10-14-22-13-8-9-15-23(22)25/h5-16,24H,3-4,17-20H2,1-2H3,(H,28,31). The first-order chi connectivity index (χ1) is 15.6. The molecule has 1 N–H and O–H groups in total. The van der Waals surface area contributed by atoms with E-state index in [-0.39, 0.29) is 18.4 Å². The summed E-state index contributed by atoms with van der Waals surface area (Å²) in [5, 5.41) is 4.96. The Bertz CT molecular complexity index is 1010. The largest absolute Gasteiger partial charge is 0.483 e. The molecule has 1 unspecified atom stereocenters. The van der Waals surface area contributed by atoms with E-state index in [2.05, 4.69) is 5.32 Å². The molecule has 0 saturated carbocycles. The third kappa shape index (κ3) is 6.10. The Morgan fingerprint density at radius 2 is 1.66 bits per heavy atom. The summed E-state index contributed by atoms with van der Waals surface area (Å²) >= 11 is 0. The van der Waals surface area contributed by atoms with E-state index >= 15 is 0 Å². The lowest BCUT2D eigenvalue weighted by Crippen LogP contribution is -2.51. The molecule has 3 aromatic rings. The molecule has 0 aliphatic rings. The summed E-state index contributed by atoms with van der Waals surface area (Å²) in [5.41, 5.74) is 1.13. The van der Waals surface area contributed by atoms with Crippen molar-refractivity contribution >= 4 is 22.6 Å². The van der Waals surface area contributed by atoms with Crippen molar-refractivity contribution in [2.45, 2.75) is 39.2 Å². The second-order valence-electron chi connectivity index (χ2n) is 7.80. The van der Waals surface area contributed by atoms with Crippen LogP contribution in [0.25, 0.3) is 10.8 Å². The maximum Gasteiger partial charge on any atom is 0.261 e. The van der Waals surface area contributed by atoms with Crippen LogP contribution in [0.15, 0.2) is 72.8 Å². The van der Waals surface area contributed by atoms with Gasteiger partial charge in [0.15, 0.2) is 6.61 Å². The molecule has 5 heteroatoms. The highest BCUT2D eigenvalue weighted by atomic mass is 16.5. The van der Waals surface area contributed by atoms with E-state index in [4.69, 9.17) is 4.74 Å². The Hall–Kier alpha value is -3.34. The lowest BCUT2D eigenvalue weighted by molar-refractivity contribution is -0.142. The SMILES string of the molecule is CCCNC(=O)C(CC)N(CCc1ccccc1)C(=O)COc1cccc2ccccc12. The third-order valence-corrected chi connectivity index (χ3v) is 5.52. The van der Waals surface area contributed by atoms with Crippen molar-refractivity contribution in [3.63, 3.8) is 0 Å². The average Bonchev–Trinajstić information content (AvgIpc) is 2.84. The highest BCUT2D eigenvalue weighted by molar-refractivity contribution is 5.90. The van der Waals surface area contributed by atoms with Crippen LogP contribution in [0.5, 0.6) is 5.75 Å². The molecule has 3 rings (SSSR count). The lowest BCUT2D eigenvalue weighted by Gasteiger charge is -2.30. The van der Waals surface area contributed by atoms with E-state index in [0.717, 1.165) is 22.8 Å². The van der Waals surface area contributed by atoms with Gasteiger partial charge >= 0.3 is 0 Å². The summed E-state index contributed by atoms with van der Waals surface area (Å²) in [4.78, 5) is 27.7. The maximum absolute atomic E-state index is 13.3. The van der Waals surface area contributed by atoms with Crippen molar-refractivity contribution in [2.24, 2.45) is 0 Å². The number of nitrogens with one attached hydrogen (secondary N) is 1. The zero-order chi connectivity index (χ0) is 22.8. The minimum atomic E-state index is -0.520. The van der Waals surface area contributed by atoms with E-state index in [1.54, 1.807) is 4.90 Å². The normalized spacial score (nSPS) is 11.7. The van der Waals surface area contributed by atoms with E-state index < -0.39 is 6.04 Å². The second kappa shape index (κ2) is 11.9. The first-order valence-electron chi connectivity index (χ1n) is 11.4. The zero-order valence-electron chi connectivity index (χ0n) is 18.9. The number of rotatable bonds is 11. The number of hydrogen-bond acceptors (Lipinski definition) is 3. The molecule has 0 fully saturated rings. The first-order valence-corrected chi connectivity index (χ1v) is 11.4. The summed E-state index contributed by atoms with van der Waals surface area (Å²) in [7, 11) is 0. The first kappa shape index (κ1) is 23.3. The number of fused-ring (bicyclic) bond motifs is 1. The Labute approximate surface area is 190 Å². The van der Waals surface area contributed by atoms with Gasteiger partial charge in [-0.1, -0.05) is 80.6 Å². The van der Waals surface area contributed by atoms with Crippen molar-refractivity contribution in [3.8, 4) is 5.75 Å².